The lowest BCUT2D eigenvalue weighted by molar-refractivity contribution is -0.127. The zero-order chi connectivity index (χ0) is 14.5. The van der Waals surface area contributed by atoms with E-state index in [0.717, 1.165) is 18.7 Å². The van der Waals surface area contributed by atoms with E-state index in [2.05, 4.69) is 24.1 Å². The van der Waals surface area contributed by atoms with Crippen LogP contribution in [0.3, 0.4) is 0 Å². The summed E-state index contributed by atoms with van der Waals surface area (Å²) in [6.45, 7) is 9.25. The van der Waals surface area contributed by atoms with Crippen molar-refractivity contribution >= 4 is 5.91 Å². The first-order valence-electron chi connectivity index (χ1n) is 7.62. The molecule has 3 heteroatoms. The smallest absolute Gasteiger partial charge is 0.237 e. The molecule has 0 aliphatic carbocycles. The van der Waals surface area contributed by atoms with E-state index in [1.54, 1.807) is 0 Å². The predicted molar refractivity (Wildman–Crippen MR) is 82.3 cm³/mol. The minimum absolute atomic E-state index is 0.0380. The molecule has 1 fully saturated rings. The van der Waals surface area contributed by atoms with E-state index in [9.17, 15) is 4.79 Å². The third-order valence-electron chi connectivity index (χ3n) is 4.13. The molecule has 3 nitrogen and oxygen atoms in total. The summed E-state index contributed by atoms with van der Waals surface area (Å²) in [4.78, 5) is 14.6. The highest BCUT2D eigenvalue weighted by molar-refractivity contribution is 5.81. The van der Waals surface area contributed by atoms with E-state index in [-0.39, 0.29) is 11.9 Å². The second-order valence-corrected chi connectivity index (χ2v) is 6.28. The van der Waals surface area contributed by atoms with Crippen LogP contribution in [-0.2, 0) is 11.3 Å². The standard InChI is InChI=1S/C17H26N2O/c1-13-9-14(2)12-19(11-13)15(3)17(20)18-10-16-7-5-4-6-8-16/h4-8,13-15H,9-12H2,1-3H3,(H,18,20). The molecular formula is C17H26N2O. The molecule has 0 radical (unpaired) electrons. The van der Waals surface area contributed by atoms with Crippen LogP contribution in [0.25, 0.3) is 0 Å². The lowest BCUT2D eigenvalue weighted by atomic mass is 9.91. The number of amides is 1. The summed E-state index contributed by atoms with van der Waals surface area (Å²) in [7, 11) is 0. The Morgan fingerprint density at radius 3 is 2.45 bits per heavy atom. The van der Waals surface area contributed by atoms with Gasteiger partial charge in [0.05, 0.1) is 6.04 Å². The average molecular weight is 274 g/mol. The van der Waals surface area contributed by atoms with Gasteiger partial charge >= 0.3 is 0 Å². The molecule has 3 atom stereocenters. The Hall–Kier alpha value is -1.35. The van der Waals surface area contributed by atoms with Gasteiger partial charge in [0, 0.05) is 19.6 Å². The van der Waals surface area contributed by atoms with E-state index in [1.165, 1.54) is 6.42 Å². The fourth-order valence-electron chi connectivity index (χ4n) is 3.13. The molecule has 1 aromatic rings. The maximum atomic E-state index is 12.3. The number of nitrogens with zero attached hydrogens (tertiary/aromatic N) is 1. The van der Waals surface area contributed by atoms with Crippen molar-refractivity contribution in [1.82, 2.24) is 10.2 Å². The van der Waals surface area contributed by atoms with Gasteiger partial charge in [0.2, 0.25) is 5.91 Å². The van der Waals surface area contributed by atoms with Crippen LogP contribution in [0.15, 0.2) is 30.3 Å². The van der Waals surface area contributed by atoms with Crippen LogP contribution in [0.5, 0.6) is 0 Å². The first-order valence-corrected chi connectivity index (χ1v) is 7.62. The quantitative estimate of drug-likeness (QED) is 0.915. The molecule has 1 amide bonds. The minimum Gasteiger partial charge on any atom is -0.351 e. The van der Waals surface area contributed by atoms with Crippen LogP contribution in [0, 0.1) is 11.8 Å². The Morgan fingerprint density at radius 1 is 1.25 bits per heavy atom. The van der Waals surface area contributed by atoms with Gasteiger partial charge in [-0.2, -0.15) is 0 Å². The number of benzene rings is 1. The number of rotatable bonds is 4. The van der Waals surface area contributed by atoms with Crippen LogP contribution < -0.4 is 5.32 Å². The maximum absolute atomic E-state index is 12.3. The molecule has 0 saturated carbocycles. The molecular weight excluding hydrogens is 248 g/mol. The Morgan fingerprint density at radius 2 is 1.85 bits per heavy atom. The van der Waals surface area contributed by atoms with Gasteiger partial charge < -0.3 is 5.32 Å². The number of piperidine rings is 1. The second kappa shape index (κ2) is 6.89. The number of hydrogen-bond donors (Lipinski definition) is 1. The Balaban J connectivity index is 1.85. The lowest BCUT2D eigenvalue weighted by Crippen LogP contribution is -2.50. The Bertz CT molecular complexity index is 422. The molecule has 1 saturated heterocycles. The first kappa shape index (κ1) is 15.0. The van der Waals surface area contributed by atoms with Gasteiger partial charge in [-0.3, -0.25) is 9.69 Å². The van der Waals surface area contributed by atoms with Gasteiger partial charge in [0.25, 0.3) is 0 Å². The molecule has 1 N–H and O–H groups in total. The van der Waals surface area contributed by atoms with Crippen molar-refractivity contribution in [1.29, 1.82) is 0 Å². The highest BCUT2D eigenvalue weighted by Gasteiger charge is 2.28. The first-order chi connectivity index (χ1) is 9.56. The average Bonchev–Trinajstić information content (AvgIpc) is 2.44. The topological polar surface area (TPSA) is 32.3 Å². The number of carbonyl (C=O) groups is 1. The number of carbonyl (C=O) groups excluding carboxylic acids is 1. The number of nitrogens with one attached hydrogen (secondary N) is 1. The summed E-state index contributed by atoms with van der Waals surface area (Å²) in [6.07, 6.45) is 1.27. The largest absolute Gasteiger partial charge is 0.351 e. The van der Waals surface area contributed by atoms with E-state index in [1.807, 2.05) is 37.3 Å². The molecule has 0 spiro atoms. The summed E-state index contributed by atoms with van der Waals surface area (Å²) >= 11 is 0. The SMILES string of the molecule is CC1CC(C)CN(C(C)C(=O)NCc2ccccc2)C1. The summed E-state index contributed by atoms with van der Waals surface area (Å²) in [6, 6.07) is 10.0. The van der Waals surface area contributed by atoms with Crippen molar-refractivity contribution in [3.63, 3.8) is 0 Å². The van der Waals surface area contributed by atoms with Crippen LogP contribution in [0.1, 0.15) is 32.8 Å². The van der Waals surface area contributed by atoms with E-state index in [0.29, 0.717) is 18.4 Å². The summed E-state index contributed by atoms with van der Waals surface area (Å²) < 4.78 is 0. The van der Waals surface area contributed by atoms with E-state index >= 15 is 0 Å². The normalized spacial score (nSPS) is 25.1. The monoisotopic (exact) mass is 274 g/mol. The van der Waals surface area contributed by atoms with Gasteiger partial charge in [-0.15, -0.1) is 0 Å². The third kappa shape index (κ3) is 4.07. The molecule has 2 rings (SSSR count). The summed E-state index contributed by atoms with van der Waals surface area (Å²) in [5, 5.41) is 3.05. The van der Waals surface area contributed by atoms with Gasteiger partial charge in [-0.1, -0.05) is 44.2 Å². The highest BCUT2D eigenvalue weighted by atomic mass is 16.2. The zero-order valence-corrected chi connectivity index (χ0v) is 12.8. The number of hydrogen-bond acceptors (Lipinski definition) is 2. The molecule has 1 aliphatic rings. The van der Waals surface area contributed by atoms with Crippen molar-refractivity contribution in [2.24, 2.45) is 11.8 Å². The molecule has 3 unspecified atom stereocenters. The molecule has 1 aliphatic heterocycles. The summed E-state index contributed by atoms with van der Waals surface area (Å²) in [5.41, 5.74) is 1.15. The second-order valence-electron chi connectivity index (χ2n) is 6.28. The molecule has 0 aromatic heterocycles. The molecule has 20 heavy (non-hydrogen) atoms. The van der Waals surface area contributed by atoms with Crippen molar-refractivity contribution < 1.29 is 4.79 Å². The van der Waals surface area contributed by atoms with Gasteiger partial charge in [-0.25, -0.2) is 0 Å². The fraction of sp³-hybridized carbons (Fsp3) is 0.588. The van der Waals surface area contributed by atoms with Crippen molar-refractivity contribution in [2.75, 3.05) is 13.1 Å². The number of likely N-dealkylation sites (tertiary alicyclic amines) is 1. The molecule has 1 aromatic carbocycles. The Labute approximate surface area is 122 Å². The van der Waals surface area contributed by atoms with E-state index in [4.69, 9.17) is 0 Å². The zero-order valence-electron chi connectivity index (χ0n) is 12.8. The van der Waals surface area contributed by atoms with Gasteiger partial charge in [-0.05, 0) is 30.7 Å². The summed E-state index contributed by atoms with van der Waals surface area (Å²) in [5.74, 6) is 1.50. The molecule has 110 valence electrons. The molecule has 1 heterocycles. The van der Waals surface area contributed by atoms with Gasteiger partial charge in [0.15, 0.2) is 0 Å². The van der Waals surface area contributed by atoms with Crippen molar-refractivity contribution in [3.8, 4) is 0 Å². The minimum atomic E-state index is -0.0380. The highest BCUT2D eigenvalue weighted by Crippen LogP contribution is 2.22. The van der Waals surface area contributed by atoms with Crippen molar-refractivity contribution in [3.05, 3.63) is 35.9 Å². The Kier molecular flexibility index (Phi) is 5.18. The third-order valence-corrected chi connectivity index (χ3v) is 4.13. The van der Waals surface area contributed by atoms with Gasteiger partial charge in [0.1, 0.15) is 0 Å². The van der Waals surface area contributed by atoms with Crippen LogP contribution in [0.2, 0.25) is 0 Å². The van der Waals surface area contributed by atoms with Crippen LogP contribution >= 0.6 is 0 Å². The predicted octanol–water partition coefficient (Wildman–Crippen LogP) is 2.67. The van der Waals surface area contributed by atoms with E-state index < -0.39 is 0 Å². The van der Waals surface area contributed by atoms with Crippen LogP contribution in [-0.4, -0.2) is 29.9 Å². The fourth-order valence-corrected chi connectivity index (χ4v) is 3.13. The lowest BCUT2D eigenvalue weighted by Gasteiger charge is -2.38. The van der Waals surface area contributed by atoms with Crippen molar-refractivity contribution in [2.45, 2.75) is 39.8 Å². The van der Waals surface area contributed by atoms with Crippen LogP contribution in [0.4, 0.5) is 0 Å². The molecule has 0 bridgehead atoms. The maximum Gasteiger partial charge on any atom is 0.237 e.